The van der Waals surface area contributed by atoms with Crippen LogP contribution in [0.25, 0.3) is 43.6 Å². The predicted molar refractivity (Wildman–Crippen MR) is 164 cm³/mol. The van der Waals surface area contributed by atoms with Crippen LogP contribution in [0.4, 0.5) is 4.79 Å². The molecule has 4 heterocycles. The van der Waals surface area contributed by atoms with Crippen molar-refractivity contribution in [3.63, 3.8) is 0 Å². The molecule has 3 aromatic carbocycles. The van der Waals surface area contributed by atoms with Gasteiger partial charge >= 0.3 is 12.1 Å². The monoisotopic (exact) mass is 593 g/mol. The van der Waals surface area contributed by atoms with E-state index in [2.05, 4.69) is 19.8 Å². The highest BCUT2D eigenvalue weighted by Crippen LogP contribution is 2.56. The smallest absolute Gasteiger partial charge is 0.407 e. The summed E-state index contributed by atoms with van der Waals surface area (Å²) in [4.78, 5) is 52.7. The highest BCUT2D eigenvalue weighted by Gasteiger charge is 2.55. The molecule has 2 aromatic heterocycles. The number of amides is 3. The molecule has 11 heteroatoms. The van der Waals surface area contributed by atoms with E-state index in [0.29, 0.717) is 29.4 Å². The second kappa shape index (κ2) is 8.82. The molecule has 2 aliphatic heterocycles. The number of para-hydroxylation sites is 2. The molecule has 0 spiro atoms. The third-order valence-corrected chi connectivity index (χ3v) is 9.20. The number of fused-ring (bicyclic) bond motifs is 13. The number of hydrogen-bond donors (Lipinski definition) is 3. The van der Waals surface area contributed by atoms with Crippen molar-refractivity contribution in [2.24, 2.45) is 5.73 Å². The number of rotatable bonds is 4. The minimum Gasteiger partial charge on any atom is -0.462 e. The summed E-state index contributed by atoms with van der Waals surface area (Å²) in [6.07, 6.45) is 0.253. The zero-order chi connectivity index (χ0) is 30.7. The van der Waals surface area contributed by atoms with E-state index in [-0.39, 0.29) is 19.2 Å². The van der Waals surface area contributed by atoms with Gasteiger partial charge in [-0.15, -0.1) is 0 Å². The molecule has 8 rings (SSSR count). The number of carbonyl (C=O) groups is 4. The topological polar surface area (TPSA) is 147 Å². The largest absolute Gasteiger partial charge is 0.462 e. The number of imide groups is 1. The number of ether oxygens (including phenoxy) is 2. The maximum atomic E-state index is 13.9. The molecule has 4 N–H and O–H groups in total. The zero-order valence-corrected chi connectivity index (χ0v) is 24.5. The van der Waals surface area contributed by atoms with Crippen molar-refractivity contribution in [3.8, 4) is 0 Å². The highest BCUT2D eigenvalue weighted by atomic mass is 16.6. The first-order valence-corrected chi connectivity index (χ1v) is 14.8. The third-order valence-electron chi connectivity index (χ3n) is 9.20. The number of carbonyl (C=O) groups excluding carboxylic acids is 4. The Kier molecular flexibility index (Phi) is 5.35. The van der Waals surface area contributed by atoms with Gasteiger partial charge in [-0.1, -0.05) is 36.4 Å². The van der Waals surface area contributed by atoms with Crippen LogP contribution < -0.4 is 16.4 Å². The van der Waals surface area contributed by atoms with Crippen LogP contribution >= 0.6 is 0 Å². The quantitative estimate of drug-likeness (QED) is 0.159. The first-order valence-electron chi connectivity index (χ1n) is 14.8. The van der Waals surface area contributed by atoms with Gasteiger partial charge in [-0.05, 0) is 45.7 Å². The number of alkyl carbamates (subject to hydrolysis) is 1. The summed E-state index contributed by atoms with van der Waals surface area (Å²) in [5.41, 5.74) is 9.18. The lowest BCUT2D eigenvalue weighted by molar-refractivity contribution is -0.151. The third kappa shape index (κ3) is 3.47. The average Bonchev–Trinajstić information content (AvgIpc) is 3.65. The molecule has 224 valence electrons. The van der Waals surface area contributed by atoms with Gasteiger partial charge in [0, 0.05) is 38.6 Å². The molecule has 1 fully saturated rings. The van der Waals surface area contributed by atoms with Gasteiger partial charge in [-0.25, -0.2) is 9.59 Å². The van der Waals surface area contributed by atoms with E-state index in [1.165, 1.54) is 0 Å². The first-order chi connectivity index (χ1) is 21.0. The summed E-state index contributed by atoms with van der Waals surface area (Å²) in [5.74, 6) is -1.40. The van der Waals surface area contributed by atoms with Crippen LogP contribution in [-0.2, 0) is 14.3 Å². The SMILES string of the molecule is CC(C)(C)OC(=O)NCCOC(=O)[C@]1(N)C[C@@H]2C[C@@H]1n1c3ccccc3c3c4c(c5c6ccccc6n2c5c31)C(=O)NC4=O. The van der Waals surface area contributed by atoms with Crippen LogP contribution in [0.3, 0.4) is 0 Å². The molecule has 5 aromatic rings. The summed E-state index contributed by atoms with van der Waals surface area (Å²) in [7, 11) is 0. The number of nitrogens with two attached hydrogens (primary N) is 1. The van der Waals surface area contributed by atoms with E-state index in [1.807, 2.05) is 48.5 Å². The van der Waals surface area contributed by atoms with Crippen LogP contribution in [0.1, 0.15) is 66.4 Å². The van der Waals surface area contributed by atoms with E-state index in [4.69, 9.17) is 15.2 Å². The molecule has 11 nitrogen and oxygen atoms in total. The predicted octanol–water partition coefficient (Wildman–Crippen LogP) is 4.44. The summed E-state index contributed by atoms with van der Waals surface area (Å²) in [6.45, 7) is 5.31. The van der Waals surface area contributed by atoms with Crippen LogP contribution in [0.5, 0.6) is 0 Å². The van der Waals surface area contributed by atoms with E-state index in [1.54, 1.807) is 20.8 Å². The van der Waals surface area contributed by atoms with Crippen LogP contribution in [-0.4, -0.2) is 57.3 Å². The molecule has 3 aliphatic rings. The van der Waals surface area contributed by atoms with Crippen molar-refractivity contribution in [1.82, 2.24) is 19.8 Å². The molecule has 1 aliphatic carbocycles. The number of esters is 1. The maximum Gasteiger partial charge on any atom is 0.407 e. The van der Waals surface area contributed by atoms with Gasteiger partial charge in [-0.3, -0.25) is 14.9 Å². The number of hydrogen-bond acceptors (Lipinski definition) is 7. The molecule has 44 heavy (non-hydrogen) atoms. The molecule has 3 amide bonds. The summed E-state index contributed by atoms with van der Waals surface area (Å²) in [6, 6.07) is 14.9. The lowest BCUT2D eigenvalue weighted by Gasteiger charge is -2.32. The zero-order valence-electron chi connectivity index (χ0n) is 24.5. The van der Waals surface area contributed by atoms with E-state index < -0.39 is 41.1 Å². The maximum absolute atomic E-state index is 13.9. The van der Waals surface area contributed by atoms with Crippen molar-refractivity contribution in [2.75, 3.05) is 13.2 Å². The minimum atomic E-state index is -1.40. The van der Waals surface area contributed by atoms with E-state index >= 15 is 0 Å². The number of nitrogens with one attached hydrogen (secondary N) is 2. The molecule has 0 radical (unpaired) electrons. The van der Waals surface area contributed by atoms with Gasteiger partial charge in [0.25, 0.3) is 11.8 Å². The second-order valence-electron chi connectivity index (χ2n) is 13.0. The Hall–Kier alpha value is -4.90. The molecule has 2 bridgehead atoms. The fourth-order valence-electron chi connectivity index (χ4n) is 7.71. The Bertz CT molecular complexity index is 2140. The average molecular weight is 594 g/mol. The Labute approximate surface area is 251 Å². The molecular formula is C33H31N5O6. The van der Waals surface area contributed by atoms with Gasteiger partial charge in [0.15, 0.2) is 0 Å². The Morgan fingerprint density at radius 1 is 0.955 bits per heavy atom. The molecular weight excluding hydrogens is 562 g/mol. The van der Waals surface area contributed by atoms with Crippen LogP contribution in [0.15, 0.2) is 48.5 Å². The van der Waals surface area contributed by atoms with Crippen molar-refractivity contribution >= 4 is 67.5 Å². The Morgan fingerprint density at radius 3 is 2.14 bits per heavy atom. The normalized spacial score (nSPS) is 22.2. The minimum absolute atomic E-state index is 0.0701. The summed E-state index contributed by atoms with van der Waals surface area (Å²) < 4.78 is 15.3. The fourth-order valence-corrected chi connectivity index (χ4v) is 7.71. The number of benzene rings is 3. The van der Waals surface area contributed by atoms with Gasteiger partial charge in [-0.2, -0.15) is 0 Å². The number of aromatic nitrogens is 2. The molecule has 3 atom stereocenters. The van der Waals surface area contributed by atoms with Crippen molar-refractivity contribution < 1.29 is 28.7 Å². The van der Waals surface area contributed by atoms with Gasteiger partial charge < -0.3 is 29.7 Å². The van der Waals surface area contributed by atoms with E-state index in [0.717, 1.165) is 38.2 Å². The Morgan fingerprint density at radius 2 is 1.52 bits per heavy atom. The molecule has 0 saturated heterocycles. The van der Waals surface area contributed by atoms with Gasteiger partial charge in [0.05, 0.1) is 34.7 Å². The van der Waals surface area contributed by atoms with Crippen molar-refractivity contribution in [1.29, 1.82) is 0 Å². The lowest BCUT2D eigenvalue weighted by Crippen LogP contribution is -2.53. The van der Waals surface area contributed by atoms with Gasteiger partial charge in [0.1, 0.15) is 17.7 Å². The van der Waals surface area contributed by atoms with Gasteiger partial charge in [0.2, 0.25) is 0 Å². The van der Waals surface area contributed by atoms with Crippen LogP contribution in [0, 0.1) is 0 Å². The van der Waals surface area contributed by atoms with Crippen LogP contribution in [0.2, 0.25) is 0 Å². The standard InChI is InChI=1S/C33H31N5O6/c1-32(2,3)44-31(42)35-12-13-43-30(41)33(34)15-16-14-21(33)38-20-11-7-5-9-18(20)23-25-24(28(39)36-29(25)40)22-17-8-4-6-10-19(17)37(16)26(22)27(23)38/h4-11,16,21H,12-15,34H2,1-3H3,(H,35,42)(H,36,39,40)/t16-,21-,33-/m0/s1. The van der Waals surface area contributed by atoms with Crippen molar-refractivity contribution in [2.45, 2.75) is 56.8 Å². The fraction of sp³-hybridized carbons (Fsp3) is 0.333. The first kappa shape index (κ1) is 26.7. The highest BCUT2D eigenvalue weighted by molar-refractivity contribution is 6.39. The molecule has 1 saturated carbocycles. The second-order valence-corrected chi connectivity index (χ2v) is 13.0. The number of nitrogens with zero attached hydrogens (tertiary/aromatic N) is 2. The summed E-state index contributed by atoms with van der Waals surface area (Å²) >= 11 is 0. The van der Waals surface area contributed by atoms with Crippen molar-refractivity contribution in [3.05, 3.63) is 59.7 Å². The Balaban J connectivity index is 1.31. The summed E-state index contributed by atoms with van der Waals surface area (Å²) in [5, 5.41) is 8.24. The lowest BCUT2D eigenvalue weighted by atomic mass is 9.92. The van der Waals surface area contributed by atoms with E-state index in [9.17, 15) is 19.2 Å². The molecule has 0 unspecified atom stereocenters.